The van der Waals surface area contributed by atoms with Crippen LogP contribution in [0, 0.1) is 0 Å². The predicted octanol–water partition coefficient (Wildman–Crippen LogP) is 1.50. The smallest absolute Gasteiger partial charge is 0.315 e. The minimum Gasteiger partial charge on any atom is -0.334 e. The maximum atomic E-state index is 11.6. The van der Waals surface area contributed by atoms with E-state index in [1.54, 1.807) is 0 Å². The molecule has 1 saturated heterocycles. The summed E-state index contributed by atoms with van der Waals surface area (Å²) in [6.45, 7) is 2.26. The van der Waals surface area contributed by atoms with Crippen LogP contribution in [0.15, 0.2) is 24.3 Å². The zero-order valence-corrected chi connectivity index (χ0v) is 10.3. The fourth-order valence-corrected chi connectivity index (χ4v) is 2.03. The third-order valence-electron chi connectivity index (χ3n) is 2.79. The van der Waals surface area contributed by atoms with Crippen molar-refractivity contribution in [2.75, 3.05) is 13.1 Å². The molecular formula is C12H16ClN3O. The van der Waals surface area contributed by atoms with Crippen LogP contribution in [-0.2, 0) is 6.54 Å². The number of rotatable bonds is 3. The maximum Gasteiger partial charge on any atom is 0.315 e. The highest BCUT2D eigenvalue weighted by Crippen LogP contribution is 2.14. The van der Waals surface area contributed by atoms with Gasteiger partial charge in [0, 0.05) is 24.2 Å². The quantitative estimate of drug-likeness (QED) is 0.765. The normalized spacial score (nSPS) is 19.0. The van der Waals surface area contributed by atoms with Crippen molar-refractivity contribution >= 4 is 17.6 Å². The Bertz CT molecular complexity index is 391. The van der Waals surface area contributed by atoms with Crippen LogP contribution in [0.3, 0.4) is 0 Å². The van der Waals surface area contributed by atoms with E-state index < -0.39 is 0 Å². The molecular weight excluding hydrogens is 238 g/mol. The second-order valence-electron chi connectivity index (χ2n) is 4.11. The van der Waals surface area contributed by atoms with E-state index in [0.717, 1.165) is 25.1 Å². The summed E-state index contributed by atoms with van der Waals surface area (Å²) in [7, 11) is 0. The molecule has 2 rings (SSSR count). The van der Waals surface area contributed by atoms with Crippen LogP contribution >= 0.6 is 11.6 Å². The van der Waals surface area contributed by atoms with Gasteiger partial charge < -0.3 is 16.0 Å². The van der Waals surface area contributed by atoms with Crippen molar-refractivity contribution in [2.24, 2.45) is 0 Å². The van der Waals surface area contributed by atoms with Crippen LogP contribution in [-0.4, -0.2) is 25.2 Å². The van der Waals surface area contributed by atoms with Gasteiger partial charge >= 0.3 is 6.03 Å². The maximum absolute atomic E-state index is 11.6. The average molecular weight is 254 g/mol. The number of hydrogen-bond acceptors (Lipinski definition) is 2. The lowest BCUT2D eigenvalue weighted by molar-refractivity contribution is 0.237. The van der Waals surface area contributed by atoms with Crippen molar-refractivity contribution in [2.45, 2.75) is 19.0 Å². The van der Waals surface area contributed by atoms with Crippen LogP contribution in [0.4, 0.5) is 4.79 Å². The molecule has 0 bridgehead atoms. The molecule has 0 saturated carbocycles. The molecule has 4 nitrogen and oxygen atoms in total. The number of amides is 2. The van der Waals surface area contributed by atoms with Crippen LogP contribution in [0.5, 0.6) is 0 Å². The lowest BCUT2D eigenvalue weighted by Gasteiger charge is -2.12. The first-order valence-corrected chi connectivity index (χ1v) is 6.12. The summed E-state index contributed by atoms with van der Waals surface area (Å²) in [5, 5.41) is 9.59. The zero-order chi connectivity index (χ0) is 12.1. The highest BCUT2D eigenvalue weighted by Gasteiger charge is 2.16. The summed E-state index contributed by atoms with van der Waals surface area (Å²) < 4.78 is 0. The number of carbonyl (C=O) groups is 1. The Balaban J connectivity index is 1.77. The van der Waals surface area contributed by atoms with Gasteiger partial charge in [-0.05, 0) is 24.6 Å². The Hall–Kier alpha value is -1.26. The van der Waals surface area contributed by atoms with Gasteiger partial charge in [-0.15, -0.1) is 0 Å². The average Bonchev–Trinajstić information content (AvgIpc) is 2.81. The number of benzene rings is 1. The number of hydrogen-bond donors (Lipinski definition) is 3. The molecule has 0 spiro atoms. The highest BCUT2D eigenvalue weighted by molar-refractivity contribution is 6.31. The molecule has 5 heteroatoms. The Labute approximate surface area is 106 Å². The Kier molecular flexibility index (Phi) is 4.23. The van der Waals surface area contributed by atoms with Gasteiger partial charge in [0.15, 0.2) is 0 Å². The molecule has 3 N–H and O–H groups in total. The van der Waals surface area contributed by atoms with Crippen molar-refractivity contribution < 1.29 is 4.79 Å². The molecule has 1 aliphatic heterocycles. The summed E-state index contributed by atoms with van der Waals surface area (Å²) in [4.78, 5) is 11.6. The number of halogens is 1. The second kappa shape index (κ2) is 5.89. The topological polar surface area (TPSA) is 53.2 Å². The SMILES string of the molecule is O=C(NCc1ccccc1Cl)NC1CCNC1. The second-order valence-corrected chi connectivity index (χ2v) is 4.52. The molecule has 17 heavy (non-hydrogen) atoms. The Morgan fingerprint density at radius 2 is 2.29 bits per heavy atom. The molecule has 0 aromatic heterocycles. The van der Waals surface area contributed by atoms with Crippen molar-refractivity contribution in [3.05, 3.63) is 34.9 Å². The summed E-state index contributed by atoms with van der Waals surface area (Å²) in [6.07, 6.45) is 0.986. The summed E-state index contributed by atoms with van der Waals surface area (Å²) in [6, 6.07) is 7.59. The minimum absolute atomic E-state index is 0.140. The lowest BCUT2D eigenvalue weighted by atomic mass is 10.2. The van der Waals surface area contributed by atoms with Crippen LogP contribution in [0.2, 0.25) is 5.02 Å². The first-order valence-electron chi connectivity index (χ1n) is 5.74. The molecule has 1 heterocycles. The fourth-order valence-electron chi connectivity index (χ4n) is 1.83. The van der Waals surface area contributed by atoms with E-state index in [1.807, 2.05) is 24.3 Å². The minimum atomic E-state index is -0.140. The van der Waals surface area contributed by atoms with E-state index in [2.05, 4.69) is 16.0 Å². The third kappa shape index (κ3) is 3.61. The van der Waals surface area contributed by atoms with E-state index in [9.17, 15) is 4.79 Å². The van der Waals surface area contributed by atoms with Crippen LogP contribution in [0.1, 0.15) is 12.0 Å². The van der Waals surface area contributed by atoms with E-state index in [1.165, 1.54) is 0 Å². The van der Waals surface area contributed by atoms with E-state index in [4.69, 9.17) is 11.6 Å². The van der Waals surface area contributed by atoms with Crippen molar-refractivity contribution in [3.63, 3.8) is 0 Å². The van der Waals surface area contributed by atoms with E-state index >= 15 is 0 Å². The van der Waals surface area contributed by atoms with Gasteiger partial charge in [0.25, 0.3) is 0 Å². The highest BCUT2D eigenvalue weighted by atomic mass is 35.5. The molecule has 1 aromatic carbocycles. The summed E-state index contributed by atoms with van der Waals surface area (Å²) in [5.74, 6) is 0. The zero-order valence-electron chi connectivity index (χ0n) is 9.50. The molecule has 0 radical (unpaired) electrons. The summed E-state index contributed by atoms with van der Waals surface area (Å²) in [5.41, 5.74) is 0.925. The number of nitrogens with one attached hydrogen (secondary N) is 3. The monoisotopic (exact) mass is 253 g/mol. The molecule has 1 atom stereocenters. The van der Waals surface area contributed by atoms with Crippen LogP contribution in [0.25, 0.3) is 0 Å². The predicted molar refractivity (Wildman–Crippen MR) is 68.1 cm³/mol. The van der Waals surface area contributed by atoms with Gasteiger partial charge in [-0.2, -0.15) is 0 Å². The molecule has 0 aliphatic carbocycles. The van der Waals surface area contributed by atoms with Gasteiger partial charge in [0.2, 0.25) is 0 Å². The number of urea groups is 1. The van der Waals surface area contributed by atoms with E-state index in [0.29, 0.717) is 11.6 Å². The first kappa shape index (κ1) is 12.2. The number of carbonyl (C=O) groups excluding carboxylic acids is 1. The Morgan fingerprint density at radius 3 is 3.00 bits per heavy atom. The van der Waals surface area contributed by atoms with Crippen molar-refractivity contribution in [3.8, 4) is 0 Å². The van der Waals surface area contributed by atoms with E-state index in [-0.39, 0.29) is 12.1 Å². The lowest BCUT2D eigenvalue weighted by Crippen LogP contribution is -2.42. The molecule has 1 aromatic rings. The first-order chi connectivity index (χ1) is 8.25. The van der Waals surface area contributed by atoms with Gasteiger partial charge in [0.1, 0.15) is 0 Å². The molecule has 1 aliphatic rings. The molecule has 2 amide bonds. The molecule has 1 fully saturated rings. The molecule has 92 valence electrons. The molecule has 1 unspecified atom stereocenters. The largest absolute Gasteiger partial charge is 0.334 e. The Morgan fingerprint density at radius 1 is 1.47 bits per heavy atom. The standard InChI is InChI=1S/C12H16ClN3O/c13-11-4-2-1-3-9(11)7-15-12(17)16-10-5-6-14-8-10/h1-4,10,14H,5-8H2,(H2,15,16,17). The van der Waals surface area contributed by atoms with Gasteiger partial charge in [-0.3, -0.25) is 0 Å². The van der Waals surface area contributed by atoms with Gasteiger partial charge in [-0.25, -0.2) is 4.79 Å². The van der Waals surface area contributed by atoms with Crippen molar-refractivity contribution in [1.82, 2.24) is 16.0 Å². The third-order valence-corrected chi connectivity index (χ3v) is 3.16. The van der Waals surface area contributed by atoms with Gasteiger partial charge in [-0.1, -0.05) is 29.8 Å². The summed E-state index contributed by atoms with van der Waals surface area (Å²) >= 11 is 6.00. The fraction of sp³-hybridized carbons (Fsp3) is 0.417. The van der Waals surface area contributed by atoms with Crippen molar-refractivity contribution in [1.29, 1.82) is 0 Å². The van der Waals surface area contributed by atoms with Crippen LogP contribution < -0.4 is 16.0 Å². The van der Waals surface area contributed by atoms with Gasteiger partial charge in [0.05, 0.1) is 0 Å².